The number of rotatable bonds is 5. The summed E-state index contributed by atoms with van der Waals surface area (Å²) in [7, 11) is 0. The summed E-state index contributed by atoms with van der Waals surface area (Å²) in [5.74, 6) is -0.0532. The summed E-state index contributed by atoms with van der Waals surface area (Å²) in [6, 6.07) is 8.67. The molecule has 0 unspecified atom stereocenters. The van der Waals surface area contributed by atoms with Crippen molar-refractivity contribution < 1.29 is 19.1 Å². The summed E-state index contributed by atoms with van der Waals surface area (Å²) in [6.07, 6.45) is -0.680. The number of benzene rings is 1. The first-order valence-electron chi connectivity index (χ1n) is 7.23. The van der Waals surface area contributed by atoms with Crippen molar-refractivity contribution in [2.75, 3.05) is 11.9 Å². The minimum atomic E-state index is -0.680. The van der Waals surface area contributed by atoms with Crippen LogP contribution in [-0.4, -0.2) is 23.0 Å². The van der Waals surface area contributed by atoms with Crippen molar-refractivity contribution in [2.24, 2.45) is 0 Å². The second-order valence-electron chi connectivity index (χ2n) is 4.97. The van der Waals surface area contributed by atoms with Crippen molar-refractivity contribution in [3.05, 3.63) is 41.6 Å². The Bertz CT molecular complexity index is 683. The van der Waals surface area contributed by atoms with Crippen molar-refractivity contribution in [3.8, 4) is 5.75 Å². The molecule has 0 spiro atoms. The normalized spacial score (nSPS) is 10.4. The van der Waals surface area contributed by atoms with Crippen LogP contribution in [-0.2, 0) is 4.74 Å². The zero-order valence-corrected chi connectivity index (χ0v) is 14.0. The predicted molar refractivity (Wildman–Crippen MR) is 88.2 cm³/mol. The molecule has 0 bridgehead atoms. The molecule has 2 rings (SSSR count). The van der Waals surface area contributed by atoms with Gasteiger partial charge in [-0.05, 0) is 36.5 Å². The summed E-state index contributed by atoms with van der Waals surface area (Å²) in [5, 5.41) is 2.89. The van der Waals surface area contributed by atoms with Crippen LogP contribution >= 0.6 is 11.5 Å². The molecule has 2 aromatic rings. The fraction of sp³-hybridized carbons (Fsp3) is 0.312. The number of carbonyl (C=O) groups excluding carboxylic acids is 2. The highest BCUT2D eigenvalue weighted by molar-refractivity contribution is 7.11. The van der Waals surface area contributed by atoms with Gasteiger partial charge in [-0.2, -0.15) is 4.37 Å². The fourth-order valence-corrected chi connectivity index (χ4v) is 2.80. The molecule has 1 aromatic carbocycles. The van der Waals surface area contributed by atoms with E-state index in [9.17, 15) is 9.59 Å². The van der Waals surface area contributed by atoms with Gasteiger partial charge in [-0.1, -0.05) is 32.0 Å². The second kappa shape index (κ2) is 7.73. The largest absolute Gasteiger partial charge is 0.462 e. The zero-order chi connectivity index (χ0) is 16.8. The van der Waals surface area contributed by atoms with Gasteiger partial charge in [0, 0.05) is 0 Å². The summed E-state index contributed by atoms with van der Waals surface area (Å²) in [5.41, 5.74) is 0.889. The van der Waals surface area contributed by atoms with Crippen LogP contribution in [0.5, 0.6) is 5.75 Å². The molecule has 0 aliphatic rings. The van der Waals surface area contributed by atoms with Gasteiger partial charge in [0.1, 0.15) is 16.3 Å². The number of hydrogen-bond donors (Lipinski definition) is 1. The van der Waals surface area contributed by atoms with E-state index >= 15 is 0 Å². The molecule has 7 heteroatoms. The van der Waals surface area contributed by atoms with Gasteiger partial charge in [0.25, 0.3) is 0 Å². The molecular weight excluding hydrogens is 316 g/mol. The number of nitrogens with zero attached hydrogens (tertiary/aromatic N) is 1. The number of aromatic nitrogens is 1. The predicted octanol–water partition coefficient (Wildman–Crippen LogP) is 4.05. The Kier molecular flexibility index (Phi) is 5.70. The Morgan fingerprint density at radius 3 is 2.57 bits per heavy atom. The van der Waals surface area contributed by atoms with Gasteiger partial charge >= 0.3 is 12.1 Å². The van der Waals surface area contributed by atoms with Crippen LogP contribution in [0, 0.1) is 0 Å². The number of esters is 1. The Balaban J connectivity index is 2.19. The quantitative estimate of drug-likeness (QED) is 0.835. The average Bonchev–Trinajstić information content (AvgIpc) is 2.92. The first kappa shape index (κ1) is 17.0. The number of ether oxygens (including phenoxy) is 2. The molecule has 1 amide bonds. The van der Waals surface area contributed by atoms with E-state index < -0.39 is 12.1 Å². The van der Waals surface area contributed by atoms with E-state index in [1.54, 1.807) is 31.2 Å². The van der Waals surface area contributed by atoms with E-state index in [4.69, 9.17) is 9.47 Å². The lowest BCUT2D eigenvalue weighted by Crippen LogP contribution is -2.18. The topological polar surface area (TPSA) is 77.5 Å². The Labute approximate surface area is 138 Å². The SMILES string of the molecule is CCOC(=O)c1c(C(C)C)nsc1NC(=O)Oc1ccccc1. The van der Waals surface area contributed by atoms with Gasteiger partial charge in [-0.25, -0.2) is 9.59 Å². The third-order valence-corrected chi connectivity index (χ3v) is 3.69. The molecule has 6 nitrogen and oxygen atoms in total. The lowest BCUT2D eigenvalue weighted by Gasteiger charge is -2.09. The molecule has 0 saturated heterocycles. The lowest BCUT2D eigenvalue weighted by atomic mass is 10.1. The maximum atomic E-state index is 12.1. The van der Waals surface area contributed by atoms with Gasteiger partial charge < -0.3 is 9.47 Å². The molecule has 0 atom stereocenters. The van der Waals surface area contributed by atoms with Crippen LogP contribution in [0.25, 0.3) is 0 Å². The highest BCUT2D eigenvalue weighted by Crippen LogP contribution is 2.30. The number of nitrogens with one attached hydrogen (secondary N) is 1. The standard InChI is InChI=1S/C16H18N2O4S/c1-4-21-15(19)12-13(10(2)3)18-23-14(12)17-16(20)22-11-8-6-5-7-9-11/h5-10H,4H2,1-3H3,(H,17,20). The molecule has 0 radical (unpaired) electrons. The van der Waals surface area contributed by atoms with Crippen molar-refractivity contribution in [1.29, 1.82) is 0 Å². The lowest BCUT2D eigenvalue weighted by molar-refractivity contribution is 0.0526. The average molecular weight is 334 g/mol. The van der Waals surface area contributed by atoms with Crippen LogP contribution in [0.2, 0.25) is 0 Å². The van der Waals surface area contributed by atoms with Gasteiger partial charge in [-0.3, -0.25) is 5.32 Å². The van der Waals surface area contributed by atoms with E-state index in [-0.39, 0.29) is 18.1 Å². The van der Waals surface area contributed by atoms with Crippen molar-refractivity contribution in [1.82, 2.24) is 4.37 Å². The molecule has 0 fully saturated rings. The molecule has 1 N–H and O–H groups in total. The minimum absolute atomic E-state index is 0.0337. The number of para-hydroxylation sites is 1. The van der Waals surface area contributed by atoms with Gasteiger partial charge in [0.2, 0.25) is 0 Å². The van der Waals surface area contributed by atoms with Crippen molar-refractivity contribution in [2.45, 2.75) is 26.7 Å². The van der Waals surface area contributed by atoms with Crippen LogP contribution in [0.4, 0.5) is 9.80 Å². The number of hydrogen-bond acceptors (Lipinski definition) is 6. The first-order chi connectivity index (χ1) is 11.0. The monoisotopic (exact) mass is 334 g/mol. The summed E-state index contributed by atoms with van der Waals surface area (Å²) < 4.78 is 14.5. The molecule has 1 aromatic heterocycles. The molecule has 23 heavy (non-hydrogen) atoms. The smallest absolute Gasteiger partial charge is 0.417 e. The summed E-state index contributed by atoms with van der Waals surface area (Å²) >= 11 is 1.03. The third kappa shape index (κ3) is 4.29. The van der Waals surface area contributed by atoms with Gasteiger partial charge in [0.15, 0.2) is 0 Å². The highest BCUT2D eigenvalue weighted by Gasteiger charge is 2.25. The van der Waals surface area contributed by atoms with Crippen LogP contribution in [0.15, 0.2) is 30.3 Å². The van der Waals surface area contributed by atoms with Crippen LogP contribution in [0.3, 0.4) is 0 Å². The number of anilines is 1. The third-order valence-electron chi connectivity index (χ3n) is 2.91. The van der Waals surface area contributed by atoms with E-state index in [2.05, 4.69) is 9.69 Å². The van der Waals surface area contributed by atoms with E-state index in [0.717, 1.165) is 11.5 Å². The second-order valence-corrected chi connectivity index (χ2v) is 5.75. The summed E-state index contributed by atoms with van der Waals surface area (Å²) in [4.78, 5) is 24.1. The summed E-state index contributed by atoms with van der Waals surface area (Å²) in [6.45, 7) is 5.82. The molecule has 0 aliphatic heterocycles. The van der Waals surface area contributed by atoms with E-state index in [0.29, 0.717) is 16.4 Å². The Morgan fingerprint density at radius 1 is 1.26 bits per heavy atom. The number of amides is 1. The maximum absolute atomic E-state index is 12.1. The Morgan fingerprint density at radius 2 is 1.96 bits per heavy atom. The van der Waals surface area contributed by atoms with Gasteiger partial charge in [0.05, 0.1) is 12.3 Å². The highest BCUT2D eigenvalue weighted by atomic mass is 32.1. The van der Waals surface area contributed by atoms with E-state index in [1.165, 1.54) is 0 Å². The molecule has 0 saturated carbocycles. The van der Waals surface area contributed by atoms with Crippen LogP contribution < -0.4 is 10.1 Å². The fourth-order valence-electron chi connectivity index (χ4n) is 1.90. The van der Waals surface area contributed by atoms with E-state index in [1.807, 2.05) is 19.9 Å². The van der Waals surface area contributed by atoms with Crippen molar-refractivity contribution in [3.63, 3.8) is 0 Å². The minimum Gasteiger partial charge on any atom is -0.462 e. The first-order valence-corrected chi connectivity index (χ1v) is 8.00. The van der Waals surface area contributed by atoms with Crippen molar-refractivity contribution >= 4 is 28.6 Å². The Hall–Kier alpha value is -2.41. The van der Waals surface area contributed by atoms with Gasteiger partial charge in [-0.15, -0.1) is 0 Å². The molecule has 0 aliphatic carbocycles. The molecule has 1 heterocycles. The molecule has 122 valence electrons. The zero-order valence-electron chi connectivity index (χ0n) is 13.2. The van der Waals surface area contributed by atoms with Crippen LogP contribution in [0.1, 0.15) is 42.7 Å². The maximum Gasteiger partial charge on any atom is 0.417 e. The number of carbonyl (C=O) groups is 2. The molecular formula is C16H18N2O4S.